The Kier molecular flexibility index (Phi) is 6.63. The van der Waals surface area contributed by atoms with Crippen LogP contribution in [-0.4, -0.2) is 48.1 Å². The molecule has 1 unspecified atom stereocenters. The Bertz CT molecular complexity index is 774. The molecule has 2 amide bonds. The smallest absolute Gasteiger partial charge is 0.320 e. The zero-order valence-corrected chi connectivity index (χ0v) is 17.9. The third-order valence-electron chi connectivity index (χ3n) is 5.72. The molecule has 4 nitrogen and oxygen atoms in total. The van der Waals surface area contributed by atoms with Crippen molar-refractivity contribution in [1.29, 1.82) is 0 Å². The number of benzene rings is 2. The van der Waals surface area contributed by atoms with E-state index in [1.807, 2.05) is 58.3 Å². The molecular weight excluding hydrogens is 407 g/mol. The molecule has 2 aromatic rings. The van der Waals surface area contributed by atoms with Crippen LogP contribution in [0.1, 0.15) is 42.9 Å². The molecule has 6 heteroatoms. The Labute approximate surface area is 182 Å². The fourth-order valence-electron chi connectivity index (χ4n) is 4.12. The quantitative estimate of drug-likeness (QED) is 0.613. The van der Waals surface area contributed by atoms with Crippen LogP contribution < -0.4 is 0 Å². The standard InChI is InChI=1S/C23H26Cl2N2O2/c24-19-8-4-17(5-9-19)22(18-6-10-20(25)11-7-18)29-21-12-15-27(16-21)23(28)26-13-2-1-3-14-26/h4-11,21-22H,1-3,12-16H2. The molecule has 0 radical (unpaired) electrons. The first-order valence-electron chi connectivity index (χ1n) is 10.3. The van der Waals surface area contributed by atoms with Crippen LogP contribution in [0.4, 0.5) is 4.79 Å². The van der Waals surface area contributed by atoms with Gasteiger partial charge in [-0.25, -0.2) is 4.79 Å². The van der Waals surface area contributed by atoms with E-state index in [9.17, 15) is 4.79 Å². The van der Waals surface area contributed by atoms with Gasteiger partial charge in [0.25, 0.3) is 0 Å². The lowest BCUT2D eigenvalue weighted by molar-refractivity contribution is 0.0150. The molecule has 0 saturated carbocycles. The van der Waals surface area contributed by atoms with E-state index >= 15 is 0 Å². The molecule has 0 spiro atoms. The SMILES string of the molecule is O=C(N1CCCCC1)N1CCC(OC(c2ccc(Cl)cc2)c2ccc(Cl)cc2)C1. The Morgan fingerprint density at radius 3 is 1.93 bits per heavy atom. The Hall–Kier alpha value is -1.75. The molecule has 0 N–H and O–H groups in total. The fourth-order valence-corrected chi connectivity index (χ4v) is 4.37. The molecule has 2 fully saturated rings. The van der Waals surface area contributed by atoms with Crippen LogP contribution in [-0.2, 0) is 4.74 Å². The minimum Gasteiger partial charge on any atom is -0.364 e. The van der Waals surface area contributed by atoms with Crippen molar-refractivity contribution in [2.75, 3.05) is 26.2 Å². The zero-order chi connectivity index (χ0) is 20.2. The number of hydrogen-bond acceptors (Lipinski definition) is 2. The van der Waals surface area contributed by atoms with Crippen LogP contribution in [0, 0.1) is 0 Å². The molecule has 2 saturated heterocycles. The summed E-state index contributed by atoms with van der Waals surface area (Å²) in [6, 6.07) is 15.6. The number of carbonyl (C=O) groups excluding carboxylic acids is 1. The second-order valence-electron chi connectivity index (χ2n) is 7.81. The molecule has 0 bridgehead atoms. The van der Waals surface area contributed by atoms with Crippen molar-refractivity contribution in [3.05, 3.63) is 69.7 Å². The van der Waals surface area contributed by atoms with Crippen molar-refractivity contribution in [3.8, 4) is 0 Å². The monoisotopic (exact) mass is 432 g/mol. The Morgan fingerprint density at radius 1 is 0.828 bits per heavy atom. The lowest BCUT2D eigenvalue weighted by atomic mass is 10.0. The summed E-state index contributed by atoms with van der Waals surface area (Å²) in [6.45, 7) is 3.12. The molecular formula is C23H26Cl2N2O2. The lowest BCUT2D eigenvalue weighted by Gasteiger charge is -2.31. The Morgan fingerprint density at radius 2 is 1.38 bits per heavy atom. The van der Waals surface area contributed by atoms with Gasteiger partial charge in [0.1, 0.15) is 6.10 Å². The van der Waals surface area contributed by atoms with Gasteiger partial charge in [-0.15, -0.1) is 0 Å². The van der Waals surface area contributed by atoms with Gasteiger partial charge in [0.05, 0.1) is 6.10 Å². The van der Waals surface area contributed by atoms with Crippen LogP contribution in [0.2, 0.25) is 10.0 Å². The molecule has 2 aliphatic heterocycles. The van der Waals surface area contributed by atoms with Crippen molar-refractivity contribution in [2.45, 2.75) is 37.9 Å². The molecule has 154 valence electrons. The topological polar surface area (TPSA) is 32.8 Å². The fraction of sp³-hybridized carbons (Fsp3) is 0.435. The van der Waals surface area contributed by atoms with Crippen molar-refractivity contribution < 1.29 is 9.53 Å². The number of likely N-dealkylation sites (tertiary alicyclic amines) is 2. The van der Waals surface area contributed by atoms with Crippen LogP contribution in [0.3, 0.4) is 0 Å². The molecule has 2 aliphatic rings. The highest BCUT2D eigenvalue weighted by Crippen LogP contribution is 2.31. The van der Waals surface area contributed by atoms with Gasteiger partial charge >= 0.3 is 6.03 Å². The molecule has 1 atom stereocenters. The van der Waals surface area contributed by atoms with Crippen LogP contribution in [0.25, 0.3) is 0 Å². The minimum absolute atomic E-state index is 0.0000895. The van der Waals surface area contributed by atoms with Gasteiger partial charge in [0.15, 0.2) is 0 Å². The van der Waals surface area contributed by atoms with Gasteiger partial charge in [-0.2, -0.15) is 0 Å². The first-order valence-corrected chi connectivity index (χ1v) is 11.1. The number of piperidine rings is 1. The summed E-state index contributed by atoms with van der Waals surface area (Å²) in [5, 5.41) is 1.39. The van der Waals surface area contributed by atoms with E-state index in [1.165, 1.54) is 6.42 Å². The summed E-state index contributed by atoms with van der Waals surface area (Å²) in [4.78, 5) is 16.7. The highest BCUT2D eigenvalue weighted by molar-refractivity contribution is 6.30. The average Bonchev–Trinajstić information content (AvgIpc) is 3.22. The first kappa shape index (κ1) is 20.5. The van der Waals surface area contributed by atoms with Gasteiger partial charge in [-0.05, 0) is 61.1 Å². The van der Waals surface area contributed by atoms with Gasteiger partial charge in [-0.1, -0.05) is 47.5 Å². The van der Waals surface area contributed by atoms with Gasteiger partial charge in [0, 0.05) is 36.2 Å². The van der Waals surface area contributed by atoms with Crippen LogP contribution >= 0.6 is 23.2 Å². The molecule has 29 heavy (non-hydrogen) atoms. The third-order valence-corrected chi connectivity index (χ3v) is 6.22. The van der Waals surface area contributed by atoms with Crippen molar-refractivity contribution >= 4 is 29.2 Å². The normalized spacial score (nSPS) is 19.8. The number of hydrogen-bond donors (Lipinski definition) is 0. The summed E-state index contributed by atoms with van der Waals surface area (Å²) in [7, 11) is 0. The van der Waals surface area contributed by atoms with Crippen molar-refractivity contribution in [2.24, 2.45) is 0 Å². The minimum atomic E-state index is -0.223. The summed E-state index contributed by atoms with van der Waals surface area (Å²) >= 11 is 12.1. The number of ether oxygens (including phenoxy) is 1. The maximum absolute atomic E-state index is 12.8. The van der Waals surface area contributed by atoms with E-state index in [0.29, 0.717) is 16.6 Å². The van der Waals surface area contributed by atoms with Crippen molar-refractivity contribution in [1.82, 2.24) is 9.80 Å². The second-order valence-corrected chi connectivity index (χ2v) is 8.68. The first-order chi connectivity index (χ1) is 14.1. The number of amides is 2. The summed E-state index contributed by atoms with van der Waals surface area (Å²) in [5.41, 5.74) is 2.08. The van der Waals surface area contributed by atoms with Crippen LogP contribution in [0.15, 0.2) is 48.5 Å². The van der Waals surface area contributed by atoms with Gasteiger partial charge < -0.3 is 14.5 Å². The lowest BCUT2D eigenvalue weighted by Crippen LogP contribution is -2.44. The molecule has 4 rings (SSSR count). The van der Waals surface area contributed by atoms with Crippen LogP contribution in [0.5, 0.6) is 0 Å². The summed E-state index contributed by atoms with van der Waals surface area (Å²) in [5.74, 6) is 0. The maximum Gasteiger partial charge on any atom is 0.320 e. The predicted molar refractivity (Wildman–Crippen MR) is 117 cm³/mol. The molecule has 2 heterocycles. The van der Waals surface area contributed by atoms with E-state index in [1.54, 1.807) is 0 Å². The zero-order valence-electron chi connectivity index (χ0n) is 16.4. The average molecular weight is 433 g/mol. The van der Waals surface area contributed by atoms with Gasteiger partial charge in [-0.3, -0.25) is 0 Å². The van der Waals surface area contributed by atoms with E-state index in [4.69, 9.17) is 27.9 Å². The summed E-state index contributed by atoms with van der Waals surface area (Å²) in [6.07, 6.45) is 4.06. The maximum atomic E-state index is 12.8. The second kappa shape index (κ2) is 9.38. The molecule has 0 aliphatic carbocycles. The number of halogens is 2. The number of carbonyl (C=O) groups is 1. The van der Waals surface area contributed by atoms with E-state index < -0.39 is 0 Å². The van der Waals surface area contributed by atoms with Gasteiger partial charge in [0.2, 0.25) is 0 Å². The molecule has 0 aromatic heterocycles. The predicted octanol–water partition coefficient (Wildman–Crippen LogP) is 5.78. The van der Waals surface area contributed by atoms with Crippen molar-refractivity contribution in [3.63, 3.8) is 0 Å². The summed E-state index contributed by atoms with van der Waals surface area (Å²) < 4.78 is 6.53. The highest BCUT2D eigenvalue weighted by Gasteiger charge is 2.32. The van der Waals surface area contributed by atoms with E-state index in [2.05, 4.69) is 0 Å². The highest BCUT2D eigenvalue weighted by atomic mass is 35.5. The third kappa shape index (κ3) is 5.06. The number of urea groups is 1. The van der Waals surface area contributed by atoms with E-state index in [0.717, 1.165) is 50.0 Å². The largest absolute Gasteiger partial charge is 0.364 e. The number of nitrogens with zero attached hydrogens (tertiary/aromatic N) is 2. The molecule has 2 aromatic carbocycles. The number of rotatable bonds is 4. The van der Waals surface area contributed by atoms with E-state index in [-0.39, 0.29) is 18.2 Å². The Balaban J connectivity index is 1.47.